The Kier molecular flexibility index (Phi) is 4.79. The van der Waals surface area contributed by atoms with Crippen molar-refractivity contribution in [2.75, 3.05) is 7.11 Å². The topological polar surface area (TPSA) is 56.1 Å². The van der Waals surface area contributed by atoms with Crippen molar-refractivity contribution in [2.45, 2.75) is 13.0 Å². The van der Waals surface area contributed by atoms with Crippen molar-refractivity contribution in [3.63, 3.8) is 0 Å². The second-order valence-corrected chi connectivity index (χ2v) is 5.39. The first-order valence-corrected chi connectivity index (χ1v) is 6.94. The first kappa shape index (κ1) is 14.6. The van der Waals surface area contributed by atoms with Gasteiger partial charge < -0.3 is 10.1 Å². The summed E-state index contributed by atoms with van der Waals surface area (Å²) in [6.07, 6.45) is 3.86. The molecule has 1 aromatic heterocycles. The van der Waals surface area contributed by atoms with Gasteiger partial charge in [-0.1, -0.05) is 15.9 Å². The molecule has 0 aliphatic heterocycles. The van der Waals surface area contributed by atoms with Gasteiger partial charge in [-0.25, -0.2) is 0 Å². The van der Waals surface area contributed by atoms with Gasteiger partial charge in [-0.05, 0) is 29.3 Å². The molecule has 0 fully saturated rings. The molecule has 0 aliphatic rings. The van der Waals surface area contributed by atoms with Crippen LogP contribution < -0.4 is 10.1 Å². The van der Waals surface area contributed by atoms with E-state index in [1.165, 1.54) is 0 Å². The average Bonchev–Trinajstić information content (AvgIpc) is 2.81. The Labute approximate surface area is 126 Å². The van der Waals surface area contributed by atoms with Crippen LogP contribution in [0.3, 0.4) is 0 Å². The van der Waals surface area contributed by atoms with E-state index in [1.807, 2.05) is 31.4 Å². The minimum absolute atomic E-state index is 0.0306. The third-order valence-electron chi connectivity index (χ3n) is 2.78. The number of methoxy groups -OCH3 is 1. The number of halogens is 1. The summed E-state index contributed by atoms with van der Waals surface area (Å²) in [4.78, 5) is 11.8. The van der Waals surface area contributed by atoms with Crippen molar-refractivity contribution in [2.24, 2.45) is 7.05 Å². The molecule has 0 atom stereocenters. The lowest BCUT2D eigenvalue weighted by atomic mass is 10.2. The monoisotopic (exact) mass is 337 g/mol. The molecule has 6 heteroatoms. The summed E-state index contributed by atoms with van der Waals surface area (Å²) >= 11 is 3.41. The van der Waals surface area contributed by atoms with E-state index in [2.05, 4.69) is 26.3 Å². The van der Waals surface area contributed by atoms with Crippen molar-refractivity contribution in [3.05, 3.63) is 46.2 Å². The maximum absolute atomic E-state index is 11.8. The zero-order valence-electron chi connectivity index (χ0n) is 11.4. The Hall–Kier alpha value is -1.82. The third kappa shape index (κ3) is 4.09. The molecule has 5 nitrogen and oxygen atoms in total. The van der Waals surface area contributed by atoms with E-state index in [0.29, 0.717) is 13.0 Å². The number of benzene rings is 1. The molecule has 106 valence electrons. The van der Waals surface area contributed by atoms with E-state index in [0.717, 1.165) is 21.3 Å². The second-order valence-electron chi connectivity index (χ2n) is 4.48. The first-order valence-electron chi connectivity index (χ1n) is 6.14. The number of nitrogens with one attached hydrogen (secondary N) is 1. The van der Waals surface area contributed by atoms with Gasteiger partial charge in [0.25, 0.3) is 0 Å². The van der Waals surface area contributed by atoms with Crippen LogP contribution in [0.1, 0.15) is 11.1 Å². The first-order chi connectivity index (χ1) is 9.56. The minimum Gasteiger partial charge on any atom is -0.497 e. The summed E-state index contributed by atoms with van der Waals surface area (Å²) in [5.74, 6) is 0.729. The largest absolute Gasteiger partial charge is 0.497 e. The number of ether oxygens (including phenoxy) is 1. The Morgan fingerprint density at radius 1 is 1.40 bits per heavy atom. The molecule has 1 amide bonds. The van der Waals surface area contributed by atoms with Gasteiger partial charge in [-0.2, -0.15) is 5.10 Å². The molecule has 0 bridgehead atoms. The fourth-order valence-electron chi connectivity index (χ4n) is 1.85. The Morgan fingerprint density at radius 3 is 2.85 bits per heavy atom. The number of hydrogen-bond acceptors (Lipinski definition) is 3. The number of carbonyl (C=O) groups excluding carboxylic acids is 1. The van der Waals surface area contributed by atoms with Crippen LogP contribution in [0.4, 0.5) is 0 Å². The van der Waals surface area contributed by atoms with Crippen molar-refractivity contribution in [1.29, 1.82) is 0 Å². The summed E-state index contributed by atoms with van der Waals surface area (Å²) in [6, 6.07) is 5.73. The zero-order chi connectivity index (χ0) is 14.5. The number of aryl methyl sites for hydroxylation is 1. The van der Waals surface area contributed by atoms with E-state index >= 15 is 0 Å². The van der Waals surface area contributed by atoms with E-state index < -0.39 is 0 Å². The van der Waals surface area contributed by atoms with Gasteiger partial charge in [0.05, 0.1) is 19.7 Å². The number of hydrogen-bond donors (Lipinski definition) is 1. The van der Waals surface area contributed by atoms with Crippen molar-refractivity contribution in [3.8, 4) is 5.75 Å². The van der Waals surface area contributed by atoms with Crippen LogP contribution in [0.5, 0.6) is 5.75 Å². The predicted octanol–water partition coefficient (Wildman–Crippen LogP) is 2.05. The van der Waals surface area contributed by atoms with E-state index in [1.54, 1.807) is 18.0 Å². The predicted molar refractivity (Wildman–Crippen MR) is 79.5 cm³/mol. The number of nitrogens with zero attached hydrogens (tertiary/aromatic N) is 2. The lowest BCUT2D eigenvalue weighted by Gasteiger charge is -2.07. The Morgan fingerprint density at radius 2 is 2.20 bits per heavy atom. The molecule has 0 unspecified atom stereocenters. The van der Waals surface area contributed by atoms with Gasteiger partial charge in [0, 0.05) is 24.3 Å². The lowest BCUT2D eigenvalue weighted by Crippen LogP contribution is -2.24. The molecule has 1 N–H and O–H groups in total. The maximum atomic E-state index is 11.8. The van der Waals surface area contributed by atoms with Crippen LogP contribution in [0.2, 0.25) is 0 Å². The smallest absolute Gasteiger partial charge is 0.224 e. The van der Waals surface area contributed by atoms with Crippen molar-refractivity contribution < 1.29 is 9.53 Å². The summed E-state index contributed by atoms with van der Waals surface area (Å²) in [6.45, 7) is 0.467. The van der Waals surface area contributed by atoms with E-state index in [4.69, 9.17) is 4.74 Å². The van der Waals surface area contributed by atoms with Crippen LogP contribution in [-0.2, 0) is 24.8 Å². The van der Waals surface area contributed by atoms with Gasteiger partial charge in [0.1, 0.15) is 5.75 Å². The molecule has 0 aliphatic carbocycles. The molecular weight excluding hydrogens is 322 g/mol. The molecular formula is C14H16BrN3O2. The molecule has 0 saturated heterocycles. The number of aromatic nitrogens is 2. The summed E-state index contributed by atoms with van der Waals surface area (Å²) in [5.41, 5.74) is 1.88. The molecule has 0 saturated carbocycles. The average molecular weight is 338 g/mol. The standard InChI is InChI=1S/C14H16BrN3O2/c1-18-9-11(8-17-18)5-14(19)16-7-10-3-12(15)6-13(4-10)20-2/h3-4,6,8-9H,5,7H2,1-2H3,(H,16,19). The van der Waals surface area contributed by atoms with E-state index in [-0.39, 0.29) is 5.91 Å². The molecule has 0 radical (unpaired) electrons. The highest BCUT2D eigenvalue weighted by atomic mass is 79.9. The number of amides is 1. The maximum Gasteiger partial charge on any atom is 0.224 e. The SMILES string of the molecule is COc1cc(Br)cc(CNC(=O)Cc2cnn(C)c2)c1. The van der Waals surface area contributed by atoms with Crippen LogP contribution in [0.25, 0.3) is 0 Å². The second kappa shape index (κ2) is 6.56. The zero-order valence-corrected chi connectivity index (χ0v) is 13.0. The highest BCUT2D eigenvalue weighted by molar-refractivity contribution is 9.10. The Balaban J connectivity index is 1.91. The van der Waals surface area contributed by atoms with Gasteiger partial charge >= 0.3 is 0 Å². The molecule has 2 aromatic rings. The van der Waals surface area contributed by atoms with Crippen LogP contribution >= 0.6 is 15.9 Å². The van der Waals surface area contributed by atoms with Gasteiger partial charge in [0.15, 0.2) is 0 Å². The van der Waals surface area contributed by atoms with Crippen LogP contribution in [-0.4, -0.2) is 22.8 Å². The molecule has 2 rings (SSSR count). The number of carbonyl (C=O) groups is 1. The highest BCUT2D eigenvalue weighted by Crippen LogP contribution is 2.21. The van der Waals surface area contributed by atoms with Gasteiger partial charge in [0.2, 0.25) is 5.91 Å². The minimum atomic E-state index is -0.0306. The highest BCUT2D eigenvalue weighted by Gasteiger charge is 2.06. The normalized spacial score (nSPS) is 10.3. The summed E-state index contributed by atoms with van der Waals surface area (Å²) < 4.78 is 7.79. The molecule has 1 aromatic carbocycles. The van der Waals surface area contributed by atoms with E-state index in [9.17, 15) is 4.79 Å². The Bertz CT molecular complexity index is 610. The summed E-state index contributed by atoms with van der Waals surface area (Å²) in [7, 11) is 3.45. The summed E-state index contributed by atoms with van der Waals surface area (Å²) in [5, 5.41) is 6.92. The fraction of sp³-hybridized carbons (Fsp3) is 0.286. The quantitative estimate of drug-likeness (QED) is 0.908. The number of rotatable bonds is 5. The van der Waals surface area contributed by atoms with Crippen LogP contribution in [0, 0.1) is 0 Å². The molecule has 1 heterocycles. The van der Waals surface area contributed by atoms with Gasteiger partial charge in [-0.15, -0.1) is 0 Å². The van der Waals surface area contributed by atoms with Crippen molar-refractivity contribution >= 4 is 21.8 Å². The lowest BCUT2D eigenvalue weighted by molar-refractivity contribution is -0.120. The fourth-order valence-corrected chi connectivity index (χ4v) is 2.37. The molecule has 0 spiro atoms. The third-order valence-corrected chi connectivity index (χ3v) is 3.24. The van der Waals surface area contributed by atoms with Crippen molar-refractivity contribution in [1.82, 2.24) is 15.1 Å². The van der Waals surface area contributed by atoms with Gasteiger partial charge in [-0.3, -0.25) is 9.48 Å². The molecule has 20 heavy (non-hydrogen) atoms. The van der Waals surface area contributed by atoms with Crippen LogP contribution in [0.15, 0.2) is 35.1 Å².